The van der Waals surface area contributed by atoms with Crippen LogP contribution in [-0.4, -0.2) is 17.7 Å². The second-order valence-corrected chi connectivity index (χ2v) is 5.31. The van der Waals surface area contributed by atoms with Crippen molar-refractivity contribution in [1.82, 2.24) is 0 Å². The molecule has 0 bridgehead atoms. The number of hydrogen-bond donors (Lipinski definition) is 1. The molecule has 1 aliphatic carbocycles. The molecule has 0 aliphatic heterocycles. The van der Waals surface area contributed by atoms with Crippen molar-refractivity contribution in [3.05, 3.63) is 47.3 Å². The van der Waals surface area contributed by atoms with E-state index >= 15 is 0 Å². The molecule has 1 aliphatic rings. The Labute approximate surface area is 118 Å². The van der Waals surface area contributed by atoms with E-state index in [1.807, 2.05) is 0 Å². The Morgan fingerprint density at radius 2 is 2.15 bits per heavy atom. The number of aromatic carboxylic acids is 1. The SMILES string of the molecule is CC1CC=CCC1COCc1ccc(F)c(C(=O)O)c1. The fourth-order valence-corrected chi connectivity index (χ4v) is 2.39. The first kappa shape index (κ1) is 14.7. The van der Waals surface area contributed by atoms with Gasteiger partial charge in [0.05, 0.1) is 18.8 Å². The summed E-state index contributed by atoms with van der Waals surface area (Å²) in [6.45, 7) is 3.16. The van der Waals surface area contributed by atoms with Gasteiger partial charge in [-0.2, -0.15) is 0 Å². The van der Waals surface area contributed by atoms with Crippen molar-refractivity contribution in [1.29, 1.82) is 0 Å². The molecular formula is C16H19FO3. The van der Waals surface area contributed by atoms with Gasteiger partial charge in [-0.15, -0.1) is 0 Å². The van der Waals surface area contributed by atoms with Crippen molar-refractivity contribution in [2.75, 3.05) is 6.61 Å². The topological polar surface area (TPSA) is 46.5 Å². The van der Waals surface area contributed by atoms with E-state index in [4.69, 9.17) is 9.84 Å². The smallest absolute Gasteiger partial charge is 0.338 e. The molecule has 0 saturated carbocycles. The highest BCUT2D eigenvalue weighted by molar-refractivity contribution is 5.88. The average Bonchev–Trinajstić information content (AvgIpc) is 2.42. The number of carboxylic acids is 1. The predicted molar refractivity (Wildman–Crippen MR) is 74.0 cm³/mol. The van der Waals surface area contributed by atoms with Crippen molar-refractivity contribution >= 4 is 5.97 Å². The summed E-state index contributed by atoms with van der Waals surface area (Å²) >= 11 is 0. The summed E-state index contributed by atoms with van der Waals surface area (Å²) in [5.41, 5.74) is 0.378. The molecule has 108 valence electrons. The molecule has 0 spiro atoms. The van der Waals surface area contributed by atoms with Crippen LogP contribution in [0.3, 0.4) is 0 Å². The zero-order chi connectivity index (χ0) is 14.5. The number of ether oxygens (including phenoxy) is 1. The Bertz CT molecular complexity index is 510. The lowest BCUT2D eigenvalue weighted by Crippen LogP contribution is -2.19. The van der Waals surface area contributed by atoms with Gasteiger partial charge in [0.25, 0.3) is 0 Å². The van der Waals surface area contributed by atoms with E-state index in [0.29, 0.717) is 30.6 Å². The molecule has 1 aromatic rings. The van der Waals surface area contributed by atoms with Gasteiger partial charge in [-0.05, 0) is 42.4 Å². The van der Waals surface area contributed by atoms with Gasteiger partial charge >= 0.3 is 5.97 Å². The zero-order valence-electron chi connectivity index (χ0n) is 11.5. The molecule has 2 unspecified atom stereocenters. The van der Waals surface area contributed by atoms with E-state index in [1.54, 1.807) is 6.07 Å². The summed E-state index contributed by atoms with van der Waals surface area (Å²) in [7, 11) is 0. The van der Waals surface area contributed by atoms with E-state index in [1.165, 1.54) is 12.1 Å². The summed E-state index contributed by atoms with van der Waals surface area (Å²) in [5.74, 6) is -0.870. The van der Waals surface area contributed by atoms with Crippen LogP contribution < -0.4 is 0 Å². The number of benzene rings is 1. The quantitative estimate of drug-likeness (QED) is 0.836. The normalized spacial score (nSPS) is 21.9. The molecule has 0 heterocycles. The van der Waals surface area contributed by atoms with Crippen LogP contribution in [0.5, 0.6) is 0 Å². The fourth-order valence-electron chi connectivity index (χ4n) is 2.39. The number of carbonyl (C=O) groups is 1. The lowest BCUT2D eigenvalue weighted by atomic mass is 9.85. The number of halogens is 1. The molecular weight excluding hydrogens is 259 g/mol. The summed E-state index contributed by atoms with van der Waals surface area (Å²) in [6, 6.07) is 4.07. The van der Waals surface area contributed by atoms with E-state index in [9.17, 15) is 9.18 Å². The summed E-state index contributed by atoms with van der Waals surface area (Å²) in [6.07, 6.45) is 6.47. The van der Waals surface area contributed by atoms with Gasteiger partial charge < -0.3 is 9.84 Å². The fraction of sp³-hybridized carbons (Fsp3) is 0.438. The Kier molecular flexibility index (Phi) is 4.90. The van der Waals surface area contributed by atoms with Gasteiger partial charge in [0, 0.05) is 0 Å². The third-order valence-electron chi connectivity index (χ3n) is 3.78. The third-order valence-corrected chi connectivity index (χ3v) is 3.78. The molecule has 4 heteroatoms. The molecule has 20 heavy (non-hydrogen) atoms. The first-order valence-corrected chi connectivity index (χ1v) is 6.82. The Hall–Kier alpha value is -1.68. The van der Waals surface area contributed by atoms with E-state index < -0.39 is 11.8 Å². The molecule has 2 rings (SSSR count). The Morgan fingerprint density at radius 1 is 1.40 bits per heavy atom. The largest absolute Gasteiger partial charge is 0.478 e. The maximum Gasteiger partial charge on any atom is 0.338 e. The number of rotatable bonds is 5. The molecule has 2 atom stereocenters. The second-order valence-electron chi connectivity index (χ2n) is 5.31. The van der Waals surface area contributed by atoms with Crippen LogP contribution in [0.2, 0.25) is 0 Å². The van der Waals surface area contributed by atoms with Crippen LogP contribution in [-0.2, 0) is 11.3 Å². The molecule has 3 nitrogen and oxygen atoms in total. The van der Waals surface area contributed by atoms with Crippen LogP contribution in [0.4, 0.5) is 4.39 Å². The van der Waals surface area contributed by atoms with Gasteiger partial charge in [-0.3, -0.25) is 0 Å². The molecule has 1 N–H and O–H groups in total. The molecule has 0 fully saturated rings. The van der Waals surface area contributed by atoms with E-state index in [-0.39, 0.29) is 5.56 Å². The van der Waals surface area contributed by atoms with E-state index in [2.05, 4.69) is 19.1 Å². The highest BCUT2D eigenvalue weighted by atomic mass is 19.1. The van der Waals surface area contributed by atoms with E-state index in [0.717, 1.165) is 12.8 Å². The summed E-state index contributed by atoms with van der Waals surface area (Å²) in [4.78, 5) is 10.8. The maximum atomic E-state index is 13.3. The monoisotopic (exact) mass is 278 g/mol. The Morgan fingerprint density at radius 3 is 2.85 bits per heavy atom. The minimum atomic E-state index is -1.25. The van der Waals surface area contributed by atoms with Crippen molar-refractivity contribution in [2.24, 2.45) is 11.8 Å². The summed E-state index contributed by atoms with van der Waals surface area (Å²) in [5, 5.41) is 8.87. The number of allylic oxidation sites excluding steroid dienone is 2. The first-order valence-electron chi connectivity index (χ1n) is 6.82. The van der Waals surface area contributed by atoms with Crippen LogP contribution >= 0.6 is 0 Å². The molecule has 0 radical (unpaired) electrons. The zero-order valence-corrected chi connectivity index (χ0v) is 11.5. The standard InChI is InChI=1S/C16H19FO3/c1-11-4-2-3-5-13(11)10-20-9-12-6-7-15(17)14(8-12)16(18)19/h2-3,6-8,11,13H,4-5,9-10H2,1H3,(H,18,19). The lowest BCUT2D eigenvalue weighted by molar-refractivity contribution is 0.0669. The van der Waals surface area contributed by atoms with Crippen LogP contribution in [0.1, 0.15) is 35.7 Å². The third kappa shape index (κ3) is 3.67. The van der Waals surface area contributed by atoms with Crippen molar-refractivity contribution < 1.29 is 19.0 Å². The second kappa shape index (κ2) is 6.66. The number of carboxylic acid groups (broad SMARTS) is 1. The number of hydrogen-bond acceptors (Lipinski definition) is 2. The lowest BCUT2D eigenvalue weighted by Gasteiger charge is -2.24. The van der Waals surface area contributed by atoms with Gasteiger partial charge in [0.15, 0.2) is 0 Å². The van der Waals surface area contributed by atoms with Crippen LogP contribution in [0, 0.1) is 17.7 Å². The summed E-state index contributed by atoms with van der Waals surface area (Å²) < 4.78 is 18.9. The van der Waals surface area contributed by atoms with Gasteiger partial charge in [-0.25, -0.2) is 9.18 Å². The van der Waals surface area contributed by atoms with Crippen molar-refractivity contribution in [3.8, 4) is 0 Å². The minimum absolute atomic E-state index is 0.305. The van der Waals surface area contributed by atoms with Gasteiger partial charge in [-0.1, -0.05) is 25.1 Å². The van der Waals surface area contributed by atoms with Crippen LogP contribution in [0.25, 0.3) is 0 Å². The van der Waals surface area contributed by atoms with Crippen molar-refractivity contribution in [2.45, 2.75) is 26.4 Å². The average molecular weight is 278 g/mol. The molecule has 0 aromatic heterocycles. The first-order chi connectivity index (χ1) is 9.58. The van der Waals surface area contributed by atoms with Crippen LogP contribution in [0.15, 0.2) is 30.4 Å². The molecule has 0 amide bonds. The highest BCUT2D eigenvalue weighted by Crippen LogP contribution is 2.25. The van der Waals surface area contributed by atoms with Gasteiger partial charge in [0.1, 0.15) is 5.82 Å². The van der Waals surface area contributed by atoms with Crippen molar-refractivity contribution in [3.63, 3.8) is 0 Å². The molecule has 0 saturated heterocycles. The molecule has 1 aromatic carbocycles. The maximum absolute atomic E-state index is 13.3. The predicted octanol–water partition coefficient (Wildman–Crippen LogP) is 3.64. The highest BCUT2D eigenvalue weighted by Gasteiger charge is 2.18. The Balaban J connectivity index is 1.89. The minimum Gasteiger partial charge on any atom is -0.478 e. The van der Waals surface area contributed by atoms with Gasteiger partial charge in [0.2, 0.25) is 0 Å².